The molecule has 1 aliphatic heterocycles. The van der Waals surface area contributed by atoms with Crippen molar-refractivity contribution in [2.75, 3.05) is 5.01 Å². The highest BCUT2D eigenvalue weighted by Crippen LogP contribution is 2.43. The molecule has 17 heavy (non-hydrogen) atoms. The fourth-order valence-corrected chi connectivity index (χ4v) is 2.28. The summed E-state index contributed by atoms with van der Waals surface area (Å²) in [7, 11) is 0. The maximum atomic E-state index is 11.9. The Bertz CT molecular complexity index is 466. The number of nitrogens with zero attached hydrogens (tertiary/aromatic N) is 1. The number of aliphatic hydroxyl groups excluding tert-OH is 1. The van der Waals surface area contributed by atoms with Crippen LogP contribution in [0.3, 0.4) is 0 Å². The smallest absolute Gasteiger partial charge is 0.243 e. The SMILES string of the molecule is CC(O)c1cccc(N2NC3(CC3)CC2=O)c1. The molecule has 2 aliphatic rings. The lowest BCUT2D eigenvalue weighted by atomic mass is 10.1. The Morgan fingerprint density at radius 3 is 2.82 bits per heavy atom. The summed E-state index contributed by atoms with van der Waals surface area (Å²) in [6, 6.07) is 7.47. The summed E-state index contributed by atoms with van der Waals surface area (Å²) in [5.41, 5.74) is 4.96. The first-order valence-corrected chi connectivity index (χ1v) is 5.98. The van der Waals surface area contributed by atoms with Crippen LogP contribution >= 0.6 is 0 Å². The molecule has 1 aromatic rings. The Labute approximate surface area is 100 Å². The van der Waals surface area contributed by atoms with Crippen LogP contribution in [0.2, 0.25) is 0 Å². The highest BCUT2D eigenvalue weighted by molar-refractivity contribution is 5.96. The van der Waals surface area contributed by atoms with Crippen LogP contribution in [0, 0.1) is 0 Å². The molecule has 1 aromatic carbocycles. The molecule has 1 atom stereocenters. The van der Waals surface area contributed by atoms with E-state index in [9.17, 15) is 9.90 Å². The van der Waals surface area contributed by atoms with Gasteiger partial charge in [0.2, 0.25) is 5.91 Å². The molecule has 0 radical (unpaired) electrons. The molecule has 1 amide bonds. The predicted octanol–water partition coefficient (Wildman–Crippen LogP) is 1.51. The van der Waals surface area contributed by atoms with E-state index in [0.29, 0.717) is 6.42 Å². The van der Waals surface area contributed by atoms with Crippen molar-refractivity contribution < 1.29 is 9.90 Å². The second-order valence-corrected chi connectivity index (χ2v) is 5.07. The van der Waals surface area contributed by atoms with Crippen LogP contribution in [0.1, 0.15) is 37.9 Å². The minimum absolute atomic E-state index is 0.0396. The molecule has 1 spiro atoms. The highest BCUT2D eigenvalue weighted by Gasteiger charge is 2.52. The zero-order valence-corrected chi connectivity index (χ0v) is 9.81. The first kappa shape index (κ1) is 10.7. The van der Waals surface area contributed by atoms with Gasteiger partial charge in [-0.1, -0.05) is 12.1 Å². The van der Waals surface area contributed by atoms with E-state index in [4.69, 9.17) is 0 Å². The number of nitrogens with one attached hydrogen (secondary N) is 1. The molecule has 1 saturated carbocycles. The molecule has 0 bridgehead atoms. The van der Waals surface area contributed by atoms with Crippen molar-refractivity contribution in [1.82, 2.24) is 5.43 Å². The maximum absolute atomic E-state index is 11.9. The third kappa shape index (κ3) is 1.83. The van der Waals surface area contributed by atoms with E-state index in [-0.39, 0.29) is 11.4 Å². The van der Waals surface area contributed by atoms with Crippen molar-refractivity contribution in [2.45, 2.75) is 37.8 Å². The molecule has 2 N–H and O–H groups in total. The van der Waals surface area contributed by atoms with Gasteiger partial charge in [0, 0.05) is 12.0 Å². The van der Waals surface area contributed by atoms with E-state index in [0.717, 1.165) is 24.1 Å². The zero-order valence-electron chi connectivity index (χ0n) is 9.81. The zero-order chi connectivity index (χ0) is 12.0. The van der Waals surface area contributed by atoms with Crippen molar-refractivity contribution in [3.8, 4) is 0 Å². The summed E-state index contributed by atoms with van der Waals surface area (Å²) in [6.45, 7) is 1.72. The molecule has 0 aromatic heterocycles. The molecule has 4 heteroatoms. The van der Waals surface area contributed by atoms with Gasteiger partial charge in [-0.25, -0.2) is 10.4 Å². The minimum Gasteiger partial charge on any atom is -0.389 e. The Hall–Kier alpha value is -1.39. The van der Waals surface area contributed by atoms with Crippen molar-refractivity contribution in [3.63, 3.8) is 0 Å². The number of hydrazine groups is 1. The largest absolute Gasteiger partial charge is 0.389 e. The third-order valence-corrected chi connectivity index (χ3v) is 3.55. The van der Waals surface area contributed by atoms with Crippen LogP contribution in [-0.2, 0) is 4.79 Å². The molecular weight excluding hydrogens is 216 g/mol. The summed E-state index contributed by atoms with van der Waals surface area (Å²) in [5, 5.41) is 11.2. The molecular formula is C13H16N2O2. The number of hydrogen-bond donors (Lipinski definition) is 2. The molecule has 1 unspecified atom stereocenters. The molecule has 90 valence electrons. The van der Waals surface area contributed by atoms with Crippen LogP contribution in [0.15, 0.2) is 24.3 Å². The number of hydrogen-bond acceptors (Lipinski definition) is 3. The molecule has 1 heterocycles. The standard InChI is InChI=1S/C13H16N2O2/c1-9(16)10-3-2-4-11(7-10)15-12(17)8-13(14-15)5-6-13/h2-4,7,9,14,16H,5-6,8H2,1H3. The second-order valence-electron chi connectivity index (χ2n) is 5.07. The number of carbonyl (C=O) groups excluding carboxylic acids is 1. The molecule has 2 fully saturated rings. The van der Waals surface area contributed by atoms with Gasteiger partial charge < -0.3 is 5.11 Å². The maximum Gasteiger partial charge on any atom is 0.243 e. The molecule has 4 nitrogen and oxygen atoms in total. The fraction of sp³-hybridized carbons (Fsp3) is 0.462. The third-order valence-electron chi connectivity index (χ3n) is 3.55. The number of aliphatic hydroxyl groups is 1. The van der Waals surface area contributed by atoms with Crippen LogP contribution in [0.5, 0.6) is 0 Å². The van der Waals surface area contributed by atoms with Crippen LogP contribution in [0.4, 0.5) is 5.69 Å². The summed E-state index contributed by atoms with van der Waals surface area (Å²) in [5.74, 6) is 0.116. The van der Waals surface area contributed by atoms with E-state index in [1.165, 1.54) is 0 Å². The Morgan fingerprint density at radius 2 is 2.24 bits per heavy atom. The van der Waals surface area contributed by atoms with Crippen molar-refractivity contribution in [3.05, 3.63) is 29.8 Å². The van der Waals surface area contributed by atoms with E-state index >= 15 is 0 Å². The summed E-state index contributed by atoms with van der Waals surface area (Å²) >= 11 is 0. The van der Waals surface area contributed by atoms with E-state index < -0.39 is 6.10 Å². The summed E-state index contributed by atoms with van der Waals surface area (Å²) in [4.78, 5) is 11.9. The average molecular weight is 232 g/mol. The normalized spacial score (nSPS) is 23.2. The van der Waals surface area contributed by atoms with E-state index in [1.807, 2.05) is 24.3 Å². The van der Waals surface area contributed by atoms with Gasteiger partial charge in [-0.3, -0.25) is 4.79 Å². The quantitative estimate of drug-likeness (QED) is 0.812. The van der Waals surface area contributed by atoms with Crippen LogP contribution < -0.4 is 10.4 Å². The van der Waals surface area contributed by atoms with Crippen molar-refractivity contribution in [1.29, 1.82) is 0 Å². The second kappa shape index (κ2) is 3.55. The van der Waals surface area contributed by atoms with E-state index in [1.54, 1.807) is 11.9 Å². The van der Waals surface area contributed by atoms with Crippen molar-refractivity contribution >= 4 is 11.6 Å². The Balaban J connectivity index is 1.89. The summed E-state index contributed by atoms with van der Waals surface area (Å²) < 4.78 is 0. The van der Waals surface area contributed by atoms with Gasteiger partial charge in [0.05, 0.1) is 11.8 Å². The lowest BCUT2D eigenvalue weighted by molar-refractivity contribution is -0.117. The highest BCUT2D eigenvalue weighted by atomic mass is 16.3. The van der Waals surface area contributed by atoms with Gasteiger partial charge in [0.25, 0.3) is 0 Å². The van der Waals surface area contributed by atoms with E-state index in [2.05, 4.69) is 5.43 Å². The number of benzene rings is 1. The minimum atomic E-state index is -0.512. The van der Waals surface area contributed by atoms with Gasteiger partial charge in [-0.05, 0) is 37.5 Å². The molecule has 1 aliphatic carbocycles. The first-order valence-electron chi connectivity index (χ1n) is 5.98. The molecule has 3 rings (SSSR count). The number of carbonyl (C=O) groups is 1. The number of amides is 1. The summed E-state index contributed by atoms with van der Waals surface area (Å²) in [6.07, 6.45) is 2.23. The number of rotatable bonds is 2. The van der Waals surface area contributed by atoms with Gasteiger partial charge in [0.1, 0.15) is 0 Å². The first-order chi connectivity index (χ1) is 8.10. The average Bonchev–Trinajstić information content (AvgIpc) is 2.96. The number of anilines is 1. The lowest BCUT2D eigenvalue weighted by Crippen LogP contribution is -2.38. The van der Waals surface area contributed by atoms with Crippen molar-refractivity contribution in [2.24, 2.45) is 0 Å². The monoisotopic (exact) mass is 232 g/mol. The Kier molecular flexibility index (Phi) is 2.24. The fourth-order valence-electron chi connectivity index (χ4n) is 2.28. The topological polar surface area (TPSA) is 52.6 Å². The van der Waals surface area contributed by atoms with Crippen LogP contribution in [0.25, 0.3) is 0 Å². The molecule has 1 saturated heterocycles. The van der Waals surface area contributed by atoms with Gasteiger partial charge in [0.15, 0.2) is 0 Å². The van der Waals surface area contributed by atoms with Gasteiger partial charge in [-0.2, -0.15) is 0 Å². The Morgan fingerprint density at radius 1 is 1.47 bits per heavy atom. The lowest BCUT2D eigenvalue weighted by Gasteiger charge is -2.19. The van der Waals surface area contributed by atoms with Gasteiger partial charge in [-0.15, -0.1) is 0 Å². The predicted molar refractivity (Wildman–Crippen MR) is 64.3 cm³/mol. The van der Waals surface area contributed by atoms with Gasteiger partial charge >= 0.3 is 0 Å². The van der Waals surface area contributed by atoms with Crippen LogP contribution in [-0.4, -0.2) is 16.6 Å².